The largest absolute Gasteiger partial charge is 0.493 e. The van der Waals surface area contributed by atoms with Gasteiger partial charge in [-0.3, -0.25) is 14.6 Å². The SMILES string of the molecule is COc1cc2nccc(Oc3ccc(NC(=O)CC(=O)Nc4ccc(F)cc4F)cc3Cl)c2cc1OC. The van der Waals surface area contributed by atoms with Crippen LogP contribution in [-0.4, -0.2) is 31.0 Å². The molecule has 0 bridgehead atoms. The van der Waals surface area contributed by atoms with Gasteiger partial charge in [0.2, 0.25) is 11.8 Å². The topological polar surface area (TPSA) is 98.8 Å². The maximum atomic E-state index is 13.7. The van der Waals surface area contributed by atoms with E-state index in [4.69, 9.17) is 25.8 Å². The van der Waals surface area contributed by atoms with Crippen LogP contribution in [0.3, 0.4) is 0 Å². The number of benzene rings is 3. The second kappa shape index (κ2) is 11.1. The molecule has 4 aromatic rings. The number of ether oxygens (including phenoxy) is 3. The molecule has 0 aliphatic carbocycles. The number of amides is 2. The van der Waals surface area contributed by atoms with E-state index in [0.717, 1.165) is 12.1 Å². The van der Waals surface area contributed by atoms with Gasteiger partial charge in [-0.25, -0.2) is 8.78 Å². The molecule has 1 heterocycles. The molecule has 37 heavy (non-hydrogen) atoms. The van der Waals surface area contributed by atoms with E-state index >= 15 is 0 Å². The van der Waals surface area contributed by atoms with E-state index in [1.807, 2.05) is 0 Å². The predicted molar refractivity (Wildman–Crippen MR) is 135 cm³/mol. The number of hydrogen-bond acceptors (Lipinski definition) is 6. The molecule has 3 aromatic carbocycles. The number of anilines is 2. The predicted octanol–water partition coefficient (Wildman–Crippen LogP) is 5.94. The monoisotopic (exact) mass is 527 g/mol. The summed E-state index contributed by atoms with van der Waals surface area (Å²) in [5.41, 5.74) is 0.700. The fourth-order valence-electron chi connectivity index (χ4n) is 3.45. The summed E-state index contributed by atoms with van der Waals surface area (Å²) in [5, 5.41) is 5.62. The van der Waals surface area contributed by atoms with Crippen molar-refractivity contribution in [2.24, 2.45) is 0 Å². The molecule has 0 fully saturated rings. The molecule has 0 unspecified atom stereocenters. The standard InChI is InChI=1S/C26H20ClF2N3O5/c1-35-23-11-16-20(12-24(23)36-2)30-8-7-21(16)37-22-6-4-15(10-17(22)27)31-25(33)13-26(34)32-19-5-3-14(28)9-18(19)29/h3-12H,13H2,1-2H3,(H,31,33)(H,32,34). The maximum absolute atomic E-state index is 13.7. The molecule has 0 saturated carbocycles. The lowest BCUT2D eigenvalue weighted by atomic mass is 10.2. The average Bonchev–Trinajstić information content (AvgIpc) is 2.86. The second-order valence-corrected chi connectivity index (χ2v) is 8.09. The van der Waals surface area contributed by atoms with Gasteiger partial charge in [0.1, 0.15) is 29.6 Å². The Morgan fingerprint density at radius 2 is 1.59 bits per heavy atom. The number of carbonyl (C=O) groups excluding carboxylic acids is 2. The molecule has 11 heteroatoms. The zero-order valence-corrected chi connectivity index (χ0v) is 20.4. The lowest BCUT2D eigenvalue weighted by Crippen LogP contribution is -2.21. The van der Waals surface area contributed by atoms with E-state index in [2.05, 4.69) is 15.6 Å². The van der Waals surface area contributed by atoms with Crippen molar-refractivity contribution in [3.63, 3.8) is 0 Å². The molecule has 1 aromatic heterocycles. The molecule has 0 saturated heterocycles. The van der Waals surface area contributed by atoms with E-state index in [-0.39, 0.29) is 10.7 Å². The Morgan fingerprint density at radius 3 is 2.30 bits per heavy atom. The van der Waals surface area contributed by atoms with Crippen LogP contribution in [-0.2, 0) is 9.59 Å². The molecule has 0 atom stereocenters. The number of fused-ring (bicyclic) bond motifs is 1. The lowest BCUT2D eigenvalue weighted by molar-refractivity contribution is -0.123. The first-order chi connectivity index (χ1) is 17.8. The molecular formula is C26H20ClF2N3O5. The third kappa shape index (κ3) is 6.04. The van der Waals surface area contributed by atoms with Crippen molar-refractivity contribution in [2.75, 3.05) is 24.9 Å². The van der Waals surface area contributed by atoms with E-state index < -0.39 is 29.9 Å². The summed E-state index contributed by atoms with van der Waals surface area (Å²) < 4.78 is 43.4. The molecule has 2 amide bonds. The molecule has 0 spiro atoms. The smallest absolute Gasteiger partial charge is 0.233 e. The third-order valence-electron chi connectivity index (χ3n) is 5.17. The molecule has 0 aliphatic heterocycles. The molecular weight excluding hydrogens is 508 g/mol. The first-order valence-corrected chi connectivity index (χ1v) is 11.2. The fourth-order valence-corrected chi connectivity index (χ4v) is 3.67. The van der Waals surface area contributed by atoms with E-state index in [9.17, 15) is 18.4 Å². The third-order valence-corrected chi connectivity index (χ3v) is 5.46. The minimum absolute atomic E-state index is 0.195. The summed E-state index contributed by atoms with van der Waals surface area (Å²) in [5.74, 6) is -1.36. The van der Waals surface area contributed by atoms with Crippen LogP contribution in [0.15, 0.2) is 60.8 Å². The van der Waals surface area contributed by atoms with E-state index in [0.29, 0.717) is 45.7 Å². The summed E-state index contributed by atoms with van der Waals surface area (Å²) in [6, 6.07) is 12.4. The number of nitrogens with zero attached hydrogens (tertiary/aromatic N) is 1. The Labute approximate surface area is 215 Å². The van der Waals surface area contributed by atoms with Crippen molar-refractivity contribution in [1.29, 1.82) is 0 Å². The van der Waals surface area contributed by atoms with Gasteiger partial charge in [0.05, 0.1) is 30.4 Å². The van der Waals surface area contributed by atoms with Gasteiger partial charge in [0.15, 0.2) is 11.5 Å². The number of carbonyl (C=O) groups is 2. The molecule has 2 N–H and O–H groups in total. The first kappa shape index (κ1) is 25.6. The number of methoxy groups -OCH3 is 2. The molecule has 0 aliphatic rings. The number of aromatic nitrogens is 1. The highest BCUT2D eigenvalue weighted by Crippen LogP contribution is 2.38. The Kier molecular flexibility index (Phi) is 7.69. The van der Waals surface area contributed by atoms with Crippen LogP contribution in [0.25, 0.3) is 10.9 Å². The molecule has 0 radical (unpaired) electrons. The zero-order valence-electron chi connectivity index (χ0n) is 19.6. The maximum Gasteiger partial charge on any atom is 0.233 e. The Hall–Kier alpha value is -4.44. The molecule has 4 rings (SSSR count). The summed E-state index contributed by atoms with van der Waals surface area (Å²) >= 11 is 6.38. The van der Waals surface area contributed by atoms with Crippen LogP contribution in [0.4, 0.5) is 20.2 Å². The van der Waals surface area contributed by atoms with Gasteiger partial charge in [-0.1, -0.05) is 11.6 Å². The van der Waals surface area contributed by atoms with Crippen molar-refractivity contribution < 1.29 is 32.6 Å². The minimum Gasteiger partial charge on any atom is -0.493 e. The number of nitrogens with one attached hydrogen (secondary N) is 2. The Morgan fingerprint density at radius 1 is 0.865 bits per heavy atom. The van der Waals surface area contributed by atoms with E-state index in [1.165, 1.54) is 20.3 Å². The van der Waals surface area contributed by atoms with Gasteiger partial charge in [-0.2, -0.15) is 0 Å². The van der Waals surface area contributed by atoms with Crippen LogP contribution < -0.4 is 24.8 Å². The van der Waals surface area contributed by atoms with Crippen molar-refractivity contribution >= 4 is 45.7 Å². The Balaban J connectivity index is 1.44. The lowest BCUT2D eigenvalue weighted by Gasteiger charge is -2.14. The minimum atomic E-state index is -0.948. The van der Waals surface area contributed by atoms with Crippen LogP contribution in [0.1, 0.15) is 6.42 Å². The van der Waals surface area contributed by atoms with Crippen molar-refractivity contribution in [3.8, 4) is 23.0 Å². The van der Waals surface area contributed by atoms with Crippen molar-refractivity contribution in [1.82, 2.24) is 4.98 Å². The van der Waals surface area contributed by atoms with Crippen LogP contribution in [0, 0.1) is 11.6 Å². The summed E-state index contributed by atoms with van der Waals surface area (Å²) in [6.45, 7) is 0. The molecule has 8 nitrogen and oxygen atoms in total. The molecule has 190 valence electrons. The van der Waals surface area contributed by atoms with Gasteiger partial charge in [-0.15, -0.1) is 0 Å². The van der Waals surface area contributed by atoms with Gasteiger partial charge >= 0.3 is 0 Å². The van der Waals surface area contributed by atoms with Gasteiger partial charge < -0.3 is 24.8 Å². The number of pyridine rings is 1. The number of hydrogen-bond donors (Lipinski definition) is 2. The highest BCUT2D eigenvalue weighted by Gasteiger charge is 2.15. The summed E-state index contributed by atoms with van der Waals surface area (Å²) in [4.78, 5) is 28.7. The van der Waals surface area contributed by atoms with Crippen molar-refractivity contribution in [2.45, 2.75) is 6.42 Å². The summed E-state index contributed by atoms with van der Waals surface area (Å²) in [6.07, 6.45) is 0.982. The second-order valence-electron chi connectivity index (χ2n) is 7.68. The zero-order chi connectivity index (χ0) is 26.5. The van der Waals surface area contributed by atoms with Gasteiger partial charge in [-0.05, 0) is 42.5 Å². The normalized spacial score (nSPS) is 10.6. The highest BCUT2D eigenvalue weighted by atomic mass is 35.5. The quantitative estimate of drug-likeness (QED) is 0.275. The van der Waals surface area contributed by atoms with Crippen LogP contribution in [0.5, 0.6) is 23.0 Å². The van der Waals surface area contributed by atoms with E-state index in [1.54, 1.807) is 36.5 Å². The van der Waals surface area contributed by atoms with Crippen LogP contribution >= 0.6 is 11.6 Å². The highest BCUT2D eigenvalue weighted by molar-refractivity contribution is 6.32. The van der Waals surface area contributed by atoms with Gasteiger partial charge in [0, 0.05) is 29.4 Å². The Bertz CT molecular complexity index is 1500. The number of rotatable bonds is 8. The average molecular weight is 528 g/mol. The first-order valence-electron chi connectivity index (χ1n) is 10.8. The fraction of sp³-hybridized carbons (Fsp3) is 0.115. The van der Waals surface area contributed by atoms with Crippen molar-refractivity contribution in [3.05, 3.63) is 77.5 Å². The van der Waals surface area contributed by atoms with Gasteiger partial charge in [0.25, 0.3) is 0 Å². The summed E-state index contributed by atoms with van der Waals surface area (Å²) in [7, 11) is 3.05. The van der Waals surface area contributed by atoms with Crippen LogP contribution in [0.2, 0.25) is 5.02 Å². The number of halogens is 3.